The fourth-order valence-corrected chi connectivity index (χ4v) is 3.58. The van der Waals surface area contributed by atoms with E-state index in [9.17, 15) is 9.59 Å². The van der Waals surface area contributed by atoms with Crippen LogP contribution in [-0.4, -0.2) is 60.4 Å². The van der Waals surface area contributed by atoms with Crippen molar-refractivity contribution in [1.29, 1.82) is 0 Å². The summed E-state index contributed by atoms with van der Waals surface area (Å²) in [5.41, 5.74) is 6.08. The first-order valence-corrected chi connectivity index (χ1v) is 10.1. The number of hydrogen-bond acceptors (Lipinski definition) is 5. The predicted octanol–water partition coefficient (Wildman–Crippen LogP) is 3.03. The van der Waals surface area contributed by atoms with E-state index in [0.29, 0.717) is 35.2 Å². The third-order valence-electron chi connectivity index (χ3n) is 4.12. The zero-order chi connectivity index (χ0) is 18.1. The Morgan fingerprint density at radius 2 is 1.85 bits per heavy atom. The Balaban J connectivity index is 0.00000338. The standard InChI is InChI=1S/C18H25ClN2O3S.ClH/c19-15-4-2-14(3-5-15)17(22)12-25-13-18(23)21-9-6-16(7-10-21)24-11-1-8-20;/h2-5,16H,1,6-13,20H2;1H. The molecule has 8 heteroatoms. The van der Waals surface area contributed by atoms with Crippen LogP contribution in [-0.2, 0) is 9.53 Å². The molecule has 1 heterocycles. The second-order valence-corrected chi connectivity index (χ2v) is 7.44. The SMILES string of the molecule is Cl.NCCCOC1CCN(C(=O)CSCC(=O)c2ccc(Cl)cc2)CC1. The molecule has 0 bridgehead atoms. The number of nitrogens with zero attached hydrogens (tertiary/aromatic N) is 1. The van der Waals surface area contributed by atoms with Gasteiger partial charge in [-0.3, -0.25) is 9.59 Å². The number of carbonyl (C=O) groups excluding carboxylic acids is 2. The van der Waals surface area contributed by atoms with Gasteiger partial charge in [0.15, 0.2) is 5.78 Å². The average molecular weight is 421 g/mol. The van der Waals surface area contributed by atoms with Crippen molar-refractivity contribution < 1.29 is 14.3 Å². The van der Waals surface area contributed by atoms with Crippen molar-refractivity contribution in [2.75, 3.05) is 37.7 Å². The van der Waals surface area contributed by atoms with Crippen LogP contribution >= 0.6 is 35.8 Å². The average Bonchev–Trinajstić information content (AvgIpc) is 2.63. The molecule has 1 aliphatic rings. The Morgan fingerprint density at radius 1 is 1.19 bits per heavy atom. The Kier molecular flexibility index (Phi) is 11.2. The highest BCUT2D eigenvalue weighted by atomic mass is 35.5. The van der Waals surface area contributed by atoms with Gasteiger partial charge in [-0.15, -0.1) is 24.2 Å². The largest absolute Gasteiger partial charge is 0.378 e. The number of ether oxygens (including phenoxy) is 1. The number of benzene rings is 1. The molecule has 0 saturated carbocycles. The van der Waals surface area contributed by atoms with Crippen LogP contribution in [0.1, 0.15) is 29.6 Å². The van der Waals surface area contributed by atoms with Gasteiger partial charge in [0, 0.05) is 30.3 Å². The minimum atomic E-state index is 0. The lowest BCUT2D eigenvalue weighted by atomic mass is 10.1. The van der Waals surface area contributed by atoms with E-state index in [1.807, 2.05) is 4.90 Å². The molecule has 1 aromatic carbocycles. The molecular formula is C18H26Cl2N2O3S. The molecule has 146 valence electrons. The maximum absolute atomic E-state index is 12.2. The van der Waals surface area contributed by atoms with Gasteiger partial charge in [0.25, 0.3) is 0 Å². The zero-order valence-corrected chi connectivity index (χ0v) is 17.1. The van der Waals surface area contributed by atoms with Gasteiger partial charge >= 0.3 is 0 Å². The molecule has 0 aliphatic carbocycles. The number of amides is 1. The summed E-state index contributed by atoms with van der Waals surface area (Å²) in [5.74, 6) is 0.736. The number of halogens is 2. The number of ketones is 1. The first kappa shape index (κ1) is 23.2. The molecule has 0 unspecified atom stereocenters. The van der Waals surface area contributed by atoms with Crippen molar-refractivity contribution in [3.8, 4) is 0 Å². The maximum Gasteiger partial charge on any atom is 0.232 e. The number of Topliss-reactive ketones (excluding diaryl/α,β-unsaturated/α-hetero) is 1. The van der Waals surface area contributed by atoms with Crippen molar-refractivity contribution in [3.63, 3.8) is 0 Å². The Bertz CT molecular complexity index is 564. The van der Waals surface area contributed by atoms with Crippen LogP contribution in [0.25, 0.3) is 0 Å². The lowest BCUT2D eigenvalue weighted by Crippen LogP contribution is -2.42. The quantitative estimate of drug-likeness (QED) is 0.490. The van der Waals surface area contributed by atoms with Crippen molar-refractivity contribution in [3.05, 3.63) is 34.9 Å². The van der Waals surface area contributed by atoms with Gasteiger partial charge in [0.05, 0.1) is 17.6 Å². The van der Waals surface area contributed by atoms with Gasteiger partial charge in [-0.25, -0.2) is 0 Å². The first-order chi connectivity index (χ1) is 12.1. The van der Waals surface area contributed by atoms with Gasteiger partial charge in [-0.2, -0.15) is 0 Å². The summed E-state index contributed by atoms with van der Waals surface area (Å²) < 4.78 is 5.74. The molecule has 0 atom stereocenters. The summed E-state index contributed by atoms with van der Waals surface area (Å²) in [5, 5.41) is 0.606. The minimum Gasteiger partial charge on any atom is -0.378 e. The van der Waals surface area contributed by atoms with E-state index in [1.165, 1.54) is 11.8 Å². The summed E-state index contributed by atoms with van der Waals surface area (Å²) in [4.78, 5) is 26.2. The van der Waals surface area contributed by atoms with Crippen molar-refractivity contribution in [2.24, 2.45) is 5.73 Å². The fraction of sp³-hybridized carbons (Fsp3) is 0.556. The molecule has 1 aliphatic heterocycles. The molecule has 1 fully saturated rings. The molecule has 5 nitrogen and oxygen atoms in total. The number of piperidine rings is 1. The third-order valence-corrected chi connectivity index (χ3v) is 5.29. The second kappa shape index (κ2) is 12.6. The van der Waals surface area contributed by atoms with E-state index in [1.54, 1.807) is 24.3 Å². The molecule has 2 N–H and O–H groups in total. The number of nitrogens with two attached hydrogens (primary N) is 1. The molecule has 0 aromatic heterocycles. The minimum absolute atomic E-state index is 0. The highest BCUT2D eigenvalue weighted by Crippen LogP contribution is 2.16. The van der Waals surface area contributed by atoms with Crippen molar-refractivity contribution >= 4 is 47.5 Å². The first-order valence-electron chi connectivity index (χ1n) is 8.56. The smallest absolute Gasteiger partial charge is 0.232 e. The van der Waals surface area contributed by atoms with Gasteiger partial charge in [0.1, 0.15) is 0 Å². The fourth-order valence-electron chi connectivity index (χ4n) is 2.65. The summed E-state index contributed by atoms with van der Waals surface area (Å²) in [6.45, 7) is 2.77. The van der Waals surface area contributed by atoms with Gasteiger partial charge < -0.3 is 15.4 Å². The van der Waals surface area contributed by atoms with E-state index in [4.69, 9.17) is 22.1 Å². The number of rotatable bonds is 9. The number of carbonyl (C=O) groups is 2. The van der Waals surface area contributed by atoms with Crippen LogP contribution in [0.2, 0.25) is 5.02 Å². The molecule has 26 heavy (non-hydrogen) atoms. The van der Waals surface area contributed by atoms with E-state index in [0.717, 1.165) is 32.4 Å². The molecular weight excluding hydrogens is 395 g/mol. The normalized spacial score (nSPS) is 14.8. The zero-order valence-electron chi connectivity index (χ0n) is 14.7. The van der Waals surface area contributed by atoms with Crippen LogP contribution in [0, 0.1) is 0 Å². The molecule has 2 rings (SSSR count). The van der Waals surface area contributed by atoms with E-state index >= 15 is 0 Å². The van der Waals surface area contributed by atoms with Gasteiger partial charge in [-0.05, 0) is 50.1 Å². The predicted molar refractivity (Wildman–Crippen MR) is 110 cm³/mol. The van der Waals surface area contributed by atoms with E-state index < -0.39 is 0 Å². The molecule has 0 spiro atoms. The molecule has 1 saturated heterocycles. The Morgan fingerprint density at radius 3 is 2.46 bits per heavy atom. The van der Waals surface area contributed by atoms with Crippen LogP contribution in [0.3, 0.4) is 0 Å². The van der Waals surface area contributed by atoms with E-state index in [-0.39, 0.29) is 30.2 Å². The van der Waals surface area contributed by atoms with Crippen LogP contribution < -0.4 is 5.73 Å². The molecule has 1 amide bonds. The molecule has 0 radical (unpaired) electrons. The summed E-state index contributed by atoms with van der Waals surface area (Å²) >= 11 is 7.17. The van der Waals surface area contributed by atoms with Gasteiger partial charge in [-0.1, -0.05) is 11.6 Å². The Hall–Kier alpha value is -0.790. The van der Waals surface area contributed by atoms with Crippen molar-refractivity contribution in [1.82, 2.24) is 4.90 Å². The van der Waals surface area contributed by atoms with Crippen molar-refractivity contribution in [2.45, 2.75) is 25.4 Å². The lowest BCUT2D eigenvalue weighted by Gasteiger charge is -2.32. The molecule has 1 aromatic rings. The summed E-state index contributed by atoms with van der Waals surface area (Å²) in [7, 11) is 0. The number of likely N-dealkylation sites (tertiary alicyclic amines) is 1. The van der Waals surface area contributed by atoms with Crippen LogP contribution in [0.4, 0.5) is 0 Å². The van der Waals surface area contributed by atoms with E-state index in [2.05, 4.69) is 0 Å². The monoisotopic (exact) mass is 420 g/mol. The summed E-state index contributed by atoms with van der Waals surface area (Å²) in [6, 6.07) is 6.82. The number of hydrogen-bond donors (Lipinski definition) is 1. The second-order valence-electron chi connectivity index (χ2n) is 6.02. The lowest BCUT2D eigenvalue weighted by molar-refractivity contribution is -0.130. The third kappa shape index (κ3) is 7.84. The van der Waals surface area contributed by atoms with Crippen LogP contribution in [0.15, 0.2) is 24.3 Å². The summed E-state index contributed by atoms with van der Waals surface area (Å²) in [6.07, 6.45) is 2.84. The highest BCUT2D eigenvalue weighted by molar-refractivity contribution is 8.00. The topological polar surface area (TPSA) is 72.6 Å². The van der Waals surface area contributed by atoms with Gasteiger partial charge in [0.2, 0.25) is 5.91 Å². The number of thioether (sulfide) groups is 1. The highest BCUT2D eigenvalue weighted by Gasteiger charge is 2.23. The van der Waals surface area contributed by atoms with Crippen LogP contribution in [0.5, 0.6) is 0 Å². The maximum atomic E-state index is 12.2. The Labute approximate surface area is 170 Å².